The van der Waals surface area contributed by atoms with Gasteiger partial charge in [-0.2, -0.15) is 0 Å². The molecule has 1 rings (SSSR count). The predicted molar refractivity (Wildman–Crippen MR) is 44.8 cm³/mol. The van der Waals surface area contributed by atoms with E-state index in [0.717, 1.165) is 18.7 Å². The minimum Gasteiger partial charge on any atom is -0.381 e. The maximum atomic E-state index is 10.4. The summed E-state index contributed by atoms with van der Waals surface area (Å²) in [5.74, 6) is 0.857. The molecule has 0 aliphatic carbocycles. The van der Waals surface area contributed by atoms with E-state index in [0.29, 0.717) is 0 Å². The van der Waals surface area contributed by atoms with Crippen molar-refractivity contribution in [2.75, 3.05) is 0 Å². The minimum absolute atomic E-state index is 0.243. The largest absolute Gasteiger partial charge is 0.381 e. The van der Waals surface area contributed by atoms with Crippen molar-refractivity contribution in [2.45, 2.75) is 24.9 Å². The minimum atomic E-state index is -4.04. The lowest BCUT2D eigenvalue weighted by atomic mass is 9.97. The maximum Gasteiger partial charge on any atom is 0.348 e. The summed E-state index contributed by atoms with van der Waals surface area (Å²) in [5.41, 5.74) is 0. The third kappa shape index (κ3) is 3.54. The van der Waals surface area contributed by atoms with E-state index in [4.69, 9.17) is 22.4 Å². The van der Waals surface area contributed by atoms with Gasteiger partial charge in [0, 0.05) is 11.8 Å². The van der Waals surface area contributed by atoms with Gasteiger partial charge in [-0.3, -0.25) is 4.57 Å². The van der Waals surface area contributed by atoms with Gasteiger partial charge in [-0.1, -0.05) is 0 Å². The van der Waals surface area contributed by atoms with Crippen molar-refractivity contribution < 1.29 is 19.1 Å². The van der Waals surface area contributed by atoms with Crippen LogP contribution in [0.25, 0.3) is 0 Å². The van der Waals surface area contributed by atoms with Crippen molar-refractivity contribution >= 4 is 15.4 Å². The molecule has 0 aromatic carbocycles. The van der Waals surface area contributed by atoms with Crippen LogP contribution in [0.4, 0.5) is 0 Å². The van der Waals surface area contributed by atoms with Crippen LogP contribution in [0.5, 0.6) is 0 Å². The van der Waals surface area contributed by atoms with E-state index in [1.165, 1.54) is 6.08 Å². The van der Waals surface area contributed by atoms with Gasteiger partial charge in [-0.05, 0) is 18.9 Å². The zero-order valence-electron chi connectivity index (χ0n) is 6.46. The second-order valence-corrected chi connectivity index (χ2v) is 4.20. The molecule has 4 nitrogen and oxygen atoms in total. The van der Waals surface area contributed by atoms with Crippen LogP contribution >= 0.6 is 7.60 Å². The van der Waals surface area contributed by atoms with Gasteiger partial charge in [-0.25, -0.2) is 0 Å². The van der Waals surface area contributed by atoms with E-state index in [1.54, 1.807) is 0 Å². The highest BCUT2D eigenvalue weighted by Crippen LogP contribution is 2.36. The number of hydrogen-bond acceptors (Lipinski definition) is 2. The SMILES string of the molecule is [B][C@H]1CC[C@@H](/C=C/P(=O)(O)O)O1. The van der Waals surface area contributed by atoms with Gasteiger partial charge in [0.05, 0.1) is 6.10 Å². The highest BCUT2D eigenvalue weighted by Gasteiger charge is 2.19. The first-order chi connectivity index (χ1) is 5.47. The molecule has 0 bridgehead atoms. The Morgan fingerprint density at radius 2 is 2.17 bits per heavy atom. The molecule has 1 fully saturated rings. The molecule has 1 saturated heterocycles. The molecular weight excluding hydrogens is 178 g/mol. The Hall–Kier alpha value is -0.0851. The Morgan fingerprint density at radius 1 is 1.50 bits per heavy atom. The zero-order chi connectivity index (χ0) is 9.19. The molecule has 2 atom stereocenters. The molecule has 0 spiro atoms. The topological polar surface area (TPSA) is 66.8 Å². The summed E-state index contributed by atoms with van der Waals surface area (Å²) in [6.07, 6.45) is 2.58. The number of rotatable bonds is 2. The lowest BCUT2D eigenvalue weighted by Gasteiger charge is -2.05. The summed E-state index contributed by atoms with van der Waals surface area (Å²) in [6.45, 7) is 0. The Kier molecular flexibility index (Phi) is 3.12. The summed E-state index contributed by atoms with van der Waals surface area (Å²) >= 11 is 0. The van der Waals surface area contributed by atoms with Gasteiger partial charge < -0.3 is 14.5 Å². The Bertz CT molecular complexity index is 224. The van der Waals surface area contributed by atoms with Crippen LogP contribution in [0.1, 0.15) is 12.8 Å². The fourth-order valence-electron chi connectivity index (χ4n) is 1.04. The fraction of sp³-hybridized carbons (Fsp3) is 0.667. The Labute approximate surface area is 72.2 Å². The quantitative estimate of drug-likeness (QED) is 0.484. The number of ether oxygens (including phenoxy) is 1. The van der Waals surface area contributed by atoms with Crippen molar-refractivity contribution in [1.29, 1.82) is 0 Å². The van der Waals surface area contributed by atoms with E-state index in [9.17, 15) is 4.57 Å². The van der Waals surface area contributed by atoms with Crippen LogP contribution in [0.2, 0.25) is 0 Å². The van der Waals surface area contributed by atoms with Crippen LogP contribution < -0.4 is 0 Å². The first-order valence-corrected chi connectivity index (χ1v) is 5.31. The van der Waals surface area contributed by atoms with Gasteiger partial charge in [0.15, 0.2) is 0 Å². The van der Waals surface area contributed by atoms with Gasteiger partial charge in [0.1, 0.15) is 7.85 Å². The third-order valence-electron chi connectivity index (χ3n) is 1.58. The van der Waals surface area contributed by atoms with Gasteiger partial charge in [0.25, 0.3) is 0 Å². The van der Waals surface area contributed by atoms with Crippen molar-refractivity contribution in [3.8, 4) is 0 Å². The van der Waals surface area contributed by atoms with Crippen molar-refractivity contribution in [1.82, 2.24) is 0 Å². The molecular formula is C6H10BO4P. The molecule has 1 heterocycles. The van der Waals surface area contributed by atoms with Crippen LogP contribution in [0, 0.1) is 0 Å². The van der Waals surface area contributed by atoms with Crippen molar-refractivity contribution in [3.05, 3.63) is 11.9 Å². The van der Waals surface area contributed by atoms with E-state index in [-0.39, 0.29) is 12.1 Å². The predicted octanol–water partition coefficient (Wildman–Crippen LogP) is 0.351. The molecule has 0 amide bonds. The standard InChI is InChI=1S/C6H10BO4P/c7-6-2-1-5(11-6)3-4-12(8,9)10/h3-6H,1-2H2,(H2,8,9,10)/b4-3+/t5-,6+/m0/s1. The van der Waals surface area contributed by atoms with Gasteiger partial charge in [0.2, 0.25) is 0 Å². The monoisotopic (exact) mass is 188 g/mol. The van der Waals surface area contributed by atoms with Crippen LogP contribution in [-0.2, 0) is 9.30 Å². The molecule has 2 N–H and O–H groups in total. The molecule has 0 aromatic heterocycles. The van der Waals surface area contributed by atoms with E-state index >= 15 is 0 Å². The first kappa shape index (κ1) is 10.00. The van der Waals surface area contributed by atoms with Crippen molar-refractivity contribution in [3.63, 3.8) is 0 Å². The average molecular weight is 188 g/mol. The normalized spacial score (nSPS) is 31.5. The summed E-state index contributed by atoms with van der Waals surface area (Å²) in [5, 5.41) is 0. The Balaban J connectivity index is 2.42. The second-order valence-electron chi connectivity index (χ2n) is 2.72. The molecule has 1 aliphatic rings. The highest BCUT2D eigenvalue weighted by molar-refractivity contribution is 7.55. The molecule has 6 heteroatoms. The first-order valence-electron chi connectivity index (χ1n) is 3.63. The molecule has 2 radical (unpaired) electrons. The molecule has 0 saturated carbocycles. The van der Waals surface area contributed by atoms with Crippen LogP contribution in [-0.4, -0.2) is 29.7 Å². The van der Waals surface area contributed by atoms with Gasteiger partial charge >= 0.3 is 7.60 Å². The second kappa shape index (κ2) is 3.75. The molecule has 0 unspecified atom stereocenters. The van der Waals surface area contributed by atoms with Crippen LogP contribution in [0.3, 0.4) is 0 Å². The maximum absolute atomic E-state index is 10.4. The van der Waals surface area contributed by atoms with Gasteiger partial charge in [-0.15, -0.1) is 0 Å². The molecule has 0 aromatic rings. The lowest BCUT2D eigenvalue weighted by Crippen LogP contribution is -2.07. The van der Waals surface area contributed by atoms with Crippen LogP contribution in [0.15, 0.2) is 11.9 Å². The fourth-order valence-corrected chi connectivity index (χ4v) is 1.46. The third-order valence-corrected chi connectivity index (χ3v) is 2.14. The average Bonchev–Trinajstić information content (AvgIpc) is 2.30. The summed E-state index contributed by atoms with van der Waals surface area (Å²) < 4.78 is 15.5. The summed E-state index contributed by atoms with van der Waals surface area (Å²) in [6, 6.07) is -0.295. The smallest absolute Gasteiger partial charge is 0.348 e. The van der Waals surface area contributed by atoms with E-state index in [1.807, 2.05) is 0 Å². The van der Waals surface area contributed by atoms with E-state index in [2.05, 4.69) is 0 Å². The lowest BCUT2D eigenvalue weighted by molar-refractivity contribution is 0.120. The highest BCUT2D eigenvalue weighted by atomic mass is 31.2. The summed E-state index contributed by atoms with van der Waals surface area (Å²) in [4.78, 5) is 17.0. The molecule has 12 heavy (non-hydrogen) atoms. The van der Waals surface area contributed by atoms with E-state index < -0.39 is 7.60 Å². The molecule has 66 valence electrons. The summed E-state index contributed by atoms with van der Waals surface area (Å²) in [7, 11) is 1.38. The Morgan fingerprint density at radius 3 is 2.58 bits per heavy atom. The zero-order valence-corrected chi connectivity index (χ0v) is 7.35. The number of hydrogen-bond donors (Lipinski definition) is 2. The van der Waals surface area contributed by atoms with Crippen molar-refractivity contribution in [2.24, 2.45) is 0 Å². The molecule has 1 aliphatic heterocycles.